The molecule has 2 bridgehead atoms. The summed E-state index contributed by atoms with van der Waals surface area (Å²) in [6.07, 6.45) is 2.94. The van der Waals surface area contributed by atoms with Crippen LogP contribution in [0.1, 0.15) is 15.9 Å². The molecule has 7 heteroatoms. The first-order chi connectivity index (χ1) is 15.6. The van der Waals surface area contributed by atoms with Crippen molar-refractivity contribution in [2.75, 3.05) is 25.7 Å². The third-order valence-corrected chi connectivity index (χ3v) is 7.10. The number of nitrogens with zero attached hydrogens (tertiary/aromatic N) is 1. The summed E-state index contributed by atoms with van der Waals surface area (Å²) in [5.41, 5.74) is 2.43. The zero-order valence-corrected chi connectivity index (χ0v) is 17.8. The van der Waals surface area contributed by atoms with Gasteiger partial charge in [0.1, 0.15) is 11.5 Å². The Morgan fingerprint density at radius 1 is 1.12 bits per heavy atom. The van der Waals surface area contributed by atoms with Crippen molar-refractivity contribution in [1.29, 1.82) is 0 Å². The summed E-state index contributed by atoms with van der Waals surface area (Å²) in [5, 5.41) is 0. The Bertz CT molecular complexity index is 1140. The van der Waals surface area contributed by atoms with E-state index in [4.69, 9.17) is 18.9 Å². The van der Waals surface area contributed by atoms with Gasteiger partial charge in [0.25, 0.3) is 0 Å². The quantitative estimate of drug-likeness (QED) is 0.687. The van der Waals surface area contributed by atoms with Gasteiger partial charge in [-0.25, -0.2) is 0 Å². The molecule has 0 aromatic heterocycles. The molecule has 4 heterocycles. The fraction of sp³-hybridized carbons (Fsp3) is 0.360. The van der Waals surface area contributed by atoms with Gasteiger partial charge >= 0.3 is 0 Å². The van der Waals surface area contributed by atoms with E-state index in [0.29, 0.717) is 23.7 Å². The lowest BCUT2D eigenvalue weighted by molar-refractivity contribution is -0.163. The second kappa shape index (κ2) is 7.18. The summed E-state index contributed by atoms with van der Waals surface area (Å²) in [5.74, 6) is 0.174. The number of hydrogen-bond acceptors (Lipinski definition) is 7. The summed E-state index contributed by atoms with van der Waals surface area (Å²) in [6, 6.07) is 12.3. The van der Waals surface area contributed by atoms with Gasteiger partial charge < -0.3 is 23.8 Å². The molecule has 2 aromatic carbocycles. The number of benzene rings is 2. The summed E-state index contributed by atoms with van der Waals surface area (Å²) in [4.78, 5) is 29.5. The van der Waals surface area contributed by atoms with E-state index in [1.165, 1.54) is 7.11 Å². The molecule has 32 heavy (non-hydrogen) atoms. The third kappa shape index (κ3) is 2.61. The lowest BCUT2D eigenvalue weighted by atomic mass is 9.77. The van der Waals surface area contributed by atoms with Crippen LogP contribution in [0.3, 0.4) is 0 Å². The maximum absolute atomic E-state index is 14.1. The molecular formula is C25H23NO6. The number of hydrogen-bond donors (Lipinski definition) is 0. The summed E-state index contributed by atoms with van der Waals surface area (Å²) < 4.78 is 22.4. The van der Waals surface area contributed by atoms with E-state index in [1.807, 2.05) is 36.4 Å². The predicted molar refractivity (Wildman–Crippen MR) is 116 cm³/mol. The molecule has 0 saturated carbocycles. The Kier molecular flexibility index (Phi) is 4.38. The molecule has 0 N–H and O–H groups in total. The van der Waals surface area contributed by atoms with Crippen LogP contribution in [-0.4, -0.2) is 56.9 Å². The van der Waals surface area contributed by atoms with Crippen LogP contribution in [0.25, 0.3) is 6.08 Å². The molecule has 7 nitrogen and oxygen atoms in total. The summed E-state index contributed by atoms with van der Waals surface area (Å²) in [6.45, 7) is 0.313. The van der Waals surface area contributed by atoms with Crippen LogP contribution in [0, 0.1) is 11.8 Å². The highest BCUT2D eigenvalue weighted by molar-refractivity contribution is 6.07. The first-order valence-electron chi connectivity index (χ1n) is 10.7. The first-order valence-corrected chi connectivity index (χ1v) is 10.7. The van der Waals surface area contributed by atoms with Crippen molar-refractivity contribution in [2.45, 2.75) is 24.5 Å². The number of methoxy groups -OCH3 is 2. The van der Waals surface area contributed by atoms with Gasteiger partial charge in [-0.2, -0.15) is 0 Å². The van der Waals surface area contributed by atoms with Crippen LogP contribution in [-0.2, 0) is 14.3 Å². The van der Waals surface area contributed by atoms with Gasteiger partial charge in [0.2, 0.25) is 6.29 Å². The molecule has 2 aromatic rings. The third-order valence-electron chi connectivity index (χ3n) is 7.10. The van der Waals surface area contributed by atoms with Gasteiger partial charge in [0, 0.05) is 17.7 Å². The Morgan fingerprint density at radius 2 is 1.97 bits per heavy atom. The minimum Gasteiger partial charge on any atom is -0.497 e. The standard InChI is InChI=1S/C25H23NO6/c1-29-14-8-9-15(18(11-14)30-2)23(27)22-21-19-12-31-25(32-19)24(28)20(21)17-10-7-13-5-3-4-6-16(13)26(17)22/h3-11,17,19-22,25H,12H2,1-2H3/t17-,19-,20+,21-,22-,25-/m1/s1. The van der Waals surface area contributed by atoms with Crippen molar-refractivity contribution < 1.29 is 28.5 Å². The molecule has 3 fully saturated rings. The second-order valence-corrected chi connectivity index (χ2v) is 8.54. The first kappa shape index (κ1) is 19.5. The molecule has 4 aliphatic heterocycles. The van der Waals surface area contributed by atoms with Gasteiger partial charge in [-0.15, -0.1) is 0 Å². The van der Waals surface area contributed by atoms with Crippen LogP contribution < -0.4 is 14.4 Å². The zero-order chi connectivity index (χ0) is 22.0. The number of carbonyl (C=O) groups excluding carboxylic acids is 2. The van der Waals surface area contributed by atoms with E-state index in [2.05, 4.69) is 4.90 Å². The van der Waals surface area contributed by atoms with E-state index in [0.717, 1.165) is 11.3 Å². The number of anilines is 1. The lowest BCUT2D eigenvalue weighted by Gasteiger charge is -2.35. The molecule has 0 radical (unpaired) electrons. The minimum atomic E-state index is -0.835. The average molecular weight is 433 g/mol. The minimum absolute atomic E-state index is 0.0835. The van der Waals surface area contributed by atoms with Gasteiger partial charge in [-0.05, 0) is 23.8 Å². The molecule has 164 valence electrons. The summed E-state index contributed by atoms with van der Waals surface area (Å²) in [7, 11) is 3.11. The molecule has 4 aliphatic rings. The van der Waals surface area contributed by atoms with Gasteiger partial charge in [0.05, 0.1) is 50.5 Å². The molecule has 0 spiro atoms. The Morgan fingerprint density at radius 3 is 2.78 bits per heavy atom. The highest BCUT2D eigenvalue weighted by Gasteiger charge is 2.63. The highest BCUT2D eigenvalue weighted by Crippen LogP contribution is 2.51. The molecule has 3 saturated heterocycles. The molecule has 0 amide bonds. The van der Waals surface area contributed by atoms with Gasteiger partial charge in [-0.1, -0.05) is 30.4 Å². The molecule has 0 aliphatic carbocycles. The van der Waals surface area contributed by atoms with E-state index in [9.17, 15) is 9.59 Å². The van der Waals surface area contributed by atoms with Crippen LogP contribution in [0.2, 0.25) is 0 Å². The van der Waals surface area contributed by atoms with Crippen LogP contribution in [0.15, 0.2) is 48.5 Å². The number of para-hydroxylation sites is 1. The second-order valence-electron chi connectivity index (χ2n) is 8.54. The largest absolute Gasteiger partial charge is 0.497 e. The number of carbonyl (C=O) groups is 2. The predicted octanol–water partition coefficient (Wildman–Crippen LogP) is 2.73. The maximum atomic E-state index is 14.1. The van der Waals surface area contributed by atoms with Gasteiger partial charge in [0.15, 0.2) is 11.6 Å². The van der Waals surface area contributed by atoms with E-state index >= 15 is 0 Å². The molecule has 6 rings (SSSR count). The monoisotopic (exact) mass is 433 g/mol. The number of rotatable bonds is 4. The fourth-order valence-corrected chi connectivity index (χ4v) is 5.74. The van der Waals surface area contributed by atoms with Crippen LogP contribution in [0.5, 0.6) is 11.5 Å². The van der Waals surface area contributed by atoms with Crippen molar-refractivity contribution >= 4 is 23.3 Å². The zero-order valence-electron chi connectivity index (χ0n) is 17.8. The van der Waals surface area contributed by atoms with Crippen molar-refractivity contribution in [1.82, 2.24) is 0 Å². The normalized spacial score (nSPS) is 31.7. The van der Waals surface area contributed by atoms with Crippen LogP contribution >= 0.6 is 0 Å². The maximum Gasteiger partial charge on any atom is 0.218 e. The Labute approximate surface area is 185 Å². The molecule has 6 atom stereocenters. The van der Waals surface area contributed by atoms with Gasteiger partial charge in [-0.3, -0.25) is 9.59 Å². The Hall–Kier alpha value is -3.16. The highest BCUT2D eigenvalue weighted by atomic mass is 16.7. The average Bonchev–Trinajstić information content (AvgIpc) is 3.43. The van der Waals surface area contributed by atoms with Crippen LogP contribution in [0.4, 0.5) is 5.69 Å². The summed E-state index contributed by atoms with van der Waals surface area (Å²) >= 11 is 0. The van der Waals surface area contributed by atoms with E-state index in [-0.39, 0.29) is 35.5 Å². The van der Waals surface area contributed by atoms with Crippen molar-refractivity contribution in [3.8, 4) is 11.5 Å². The number of Topliss-reactive ketones (excluding diaryl/α,β-unsaturated/α-hetero) is 2. The van der Waals surface area contributed by atoms with Crippen molar-refractivity contribution in [3.05, 3.63) is 59.7 Å². The smallest absolute Gasteiger partial charge is 0.218 e. The SMILES string of the molecule is COc1ccc(C(=O)[C@H]2[C@H]3[C@@H](C(=O)[C@@H]4OC[C@H]3O4)[C@H]3C=Cc4ccccc4N32)c(OC)c1. The Balaban J connectivity index is 1.51. The van der Waals surface area contributed by atoms with Crippen molar-refractivity contribution in [3.63, 3.8) is 0 Å². The number of ketones is 2. The topological polar surface area (TPSA) is 74.3 Å². The number of fused-ring (bicyclic) bond motifs is 8. The molecular weight excluding hydrogens is 410 g/mol. The number of ether oxygens (including phenoxy) is 4. The van der Waals surface area contributed by atoms with E-state index in [1.54, 1.807) is 25.3 Å². The fourth-order valence-electron chi connectivity index (χ4n) is 5.74. The molecule has 0 unspecified atom stereocenters. The van der Waals surface area contributed by atoms with Crippen molar-refractivity contribution in [2.24, 2.45) is 11.8 Å². The lowest BCUT2D eigenvalue weighted by Crippen LogP contribution is -2.48. The van der Waals surface area contributed by atoms with E-state index < -0.39 is 12.3 Å².